The maximum absolute atomic E-state index is 13.0. The van der Waals surface area contributed by atoms with E-state index in [-0.39, 0.29) is 5.41 Å². The van der Waals surface area contributed by atoms with E-state index in [0.717, 1.165) is 44.0 Å². The van der Waals surface area contributed by atoms with Gasteiger partial charge in [-0.05, 0) is 25.3 Å². The quantitative estimate of drug-likeness (QED) is 0.812. The molecule has 25 heavy (non-hydrogen) atoms. The molecule has 1 aliphatic heterocycles. The average Bonchev–Trinajstić information content (AvgIpc) is 3.34. The largest absolute Gasteiger partial charge is 0.377 e. The van der Waals surface area contributed by atoms with Crippen molar-refractivity contribution in [3.8, 4) is 0 Å². The number of carbonyl (C=O) groups excluding carboxylic acids is 1. The first kappa shape index (κ1) is 16.3. The highest BCUT2D eigenvalue weighted by Crippen LogP contribution is 2.50. The second-order valence-electron chi connectivity index (χ2n) is 7.38. The Morgan fingerprint density at radius 3 is 2.64 bits per heavy atom. The van der Waals surface area contributed by atoms with E-state index in [1.165, 1.54) is 5.56 Å². The molecule has 1 amide bonds. The summed E-state index contributed by atoms with van der Waals surface area (Å²) in [5.41, 5.74) is 2.09. The molecule has 1 saturated carbocycles. The Hall–Kier alpha value is -2.14. The highest BCUT2D eigenvalue weighted by molar-refractivity contribution is 5.91. The fraction of sp³-hybridized carbons (Fsp3) is 0.500. The number of aromatic nitrogens is 2. The summed E-state index contributed by atoms with van der Waals surface area (Å²) in [7, 11) is 1.69. The van der Waals surface area contributed by atoms with Crippen LogP contribution in [0.2, 0.25) is 0 Å². The molecule has 1 saturated heterocycles. The van der Waals surface area contributed by atoms with Gasteiger partial charge >= 0.3 is 0 Å². The molecule has 2 aromatic rings. The van der Waals surface area contributed by atoms with E-state index >= 15 is 0 Å². The second kappa shape index (κ2) is 6.30. The van der Waals surface area contributed by atoms with Crippen molar-refractivity contribution in [3.05, 3.63) is 53.6 Å². The molecule has 5 nitrogen and oxygen atoms in total. The van der Waals surface area contributed by atoms with Crippen molar-refractivity contribution in [2.45, 2.75) is 38.3 Å². The molecule has 2 fully saturated rings. The van der Waals surface area contributed by atoms with E-state index in [1.807, 2.05) is 29.3 Å². The monoisotopic (exact) mass is 339 g/mol. The van der Waals surface area contributed by atoms with Crippen LogP contribution in [0.3, 0.4) is 0 Å². The number of amides is 1. The Kier molecular flexibility index (Phi) is 4.12. The minimum Gasteiger partial charge on any atom is -0.377 e. The van der Waals surface area contributed by atoms with Gasteiger partial charge in [-0.15, -0.1) is 0 Å². The Morgan fingerprint density at radius 1 is 1.28 bits per heavy atom. The van der Waals surface area contributed by atoms with Crippen LogP contribution in [0.1, 0.15) is 29.9 Å². The summed E-state index contributed by atoms with van der Waals surface area (Å²) < 4.78 is 7.45. The molecule has 0 spiro atoms. The molecule has 0 bridgehead atoms. The molecule has 1 aromatic heterocycles. The lowest BCUT2D eigenvalue weighted by molar-refractivity contribution is -0.140. The van der Waals surface area contributed by atoms with Crippen molar-refractivity contribution in [3.63, 3.8) is 0 Å². The third-order valence-electron chi connectivity index (χ3n) is 5.58. The molecule has 5 heteroatoms. The maximum Gasteiger partial charge on any atom is 0.233 e. The standard InChI is InChI=1S/C20H25N3O2/c1-15-10-21-18(14-25-2)23(15)13-16-11-22(12-16)19(24)20(8-9-20)17-6-4-3-5-7-17/h3-7,10,16H,8-9,11-14H2,1-2H3. The first-order chi connectivity index (χ1) is 12.1. The molecule has 4 rings (SSSR count). The van der Waals surface area contributed by atoms with E-state index in [0.29, 0.717) is 18.4 Å². The fourth-order valence-electron chi connectivity index (χ4n) is 3.92. The zero-order valence-electron chi connectivity index (χ0n) is 14.9. The van der Waals surface area contributed by atoms with E-state index in [9.17, 15) is 4.79 Å². The summed E-state index contributed by atoms with van der Waals surface area (Å²) in [5, 5.41) is 0. The number of nitrogens with zero attached hydrogens (tertiary/aromatic N) is 3. The number of imidazole rings is 1. The third-order valence-corrected chi connectivity index (χ3v) is 5.58. The van der Waals surface area contributed by atoms with Crippen LogP contribution in [0, 0.1) is 12.8 Å². The summed E-state index contributed by atoms with van der Waals surface area (Å²) in [6.07, 6.45) is 3.86. The first-order valence-electron chi connectivity index (χ1n) is 8.99. The van der Waals surface area contributed by atoms with Crippen LogP contribution in [0.15, 0.2) is 36.5 Å². The summed E-state index contributed by atoms with van der Waals surface area (Å²) in [4.78, 5) is 19.4. The molecule has 132 valence electrons. The van der Waals surface area contributed by atoms with Gasteiger partial charge in [0.1, 0.15) is 12.4 Å². The number of aryl methyl sites for hydroxylation is 1. The average molecular weight is 339 g/mol. The van der Waals surface area contributed by atoms with E-state index in [4.69, 9.17) is 4.74 Å². The predicted octanol–water partition coefficient (Wildman–Crippen LogP) is 2.53. The van der Waals surface area contributed by atoms with Crippen LogP contribution in [-0.4, -0.2) is 40.6 Å². The summed E-state index contributed by atoms with van der Waals surface area (Å²) in [6, 6.07) is 10.2. The number of carbonyl (C=O) groups is 1. The highest BCUT2D eigenvalue weighted by atomic mass is 16.5. The molecule has 0 radical (unpaired) electrons. The smallest absolute Gasteiger partial charge is 0.233 e. The Morgan fingerprint density at radius 2 is 2.00 bits per heavy atom. The fourth-order valence-corrected chi connectivity index (χ4v) is 3.92. The Bertz CT molecular complexity index is 759. The second-order valence-corrected chi connectivity index (χ2v) is 7.38. The van der Waals surface area contributed by atoms with Gasteiger partial charge < -0.3 is 14.2 Å². The number of methoxy groups -OCH3 is 1. The van der Waals surface area contributed by atoms with Crippen LogP contribution in [0.4, 0.5) is 0 Å². The lowest BCUT2D eigenvalue weighted by atomic mass is 9.90. The van der Waals surface area contributed by atoms with Gasteiger partial charge in [-0.25, -0.2) is 4.98 Å². The maximum atomic E-state index is 13.0. The van der Waals surface area contributed by atoms with E-state index in [1.54, 1.807) is 7.11 Å². The molecule has 2 heterocycles. The number of hydrogen-bond donors (Lipinski definition) is 0. The Labute approximate surface area is 148 Å². The molecule has 0 unspecified atom stereocenters. The molecule has 1 aromatic carbocycles. The molecular formula is C20H25N3O2. The lowest BCUT2D eigenvalue weighted by Gasteiger charge is -2.42. The highest BCUT2D eigenvalue weighted by Gasteiger charge is 2.54. The van der Waals surface area contributed by atoms with E-state index < -0.39 is 0 Å². The number of ether oxygens (including phenoxy) is 1. The first-order valence-corrected chi connectivity index (χ1v) is 8.99. The molecule has 0 N–H and O–H groups in total. The van der Waals surface area contributed by atoms with Crippen LogP contribution in [0.5, 0.6) is 0 Å². The molecule has 2 aliphatic rings. The number of likely N-dealkylation sites (tertiary alicyclic amines) is 1. The van der Waals surface area contributed by atoms with Crippen molar-refractivity contribution in [2.75, 3.05) is 20.2 Å². The molecular weight excluding hydrogens is 314 g/mol. The van der Waals surface area contributed by atoms with Crippen LogP contribution >= 0.6 is 0 Å². The number of hydrogen-bond acceptors (Lipinski definition) is 3. The minimum absolute atomic E-state index is 0.238. The van der Waals surface area contributed by atoms with Crippen LogP contribution in [-0.2, 0) is 28.1 Å². The van der Waals surface area contributed by atoms with Gasteiger partial charge in [-0.3, -0.25) is 4.79 Å². The van der Waals surface area contributed by atoms with Gasteiger partial charge in [0.15, 0.2) is 0 Å². The van der Waals surface area contributed by atoms with Crippen molar-refractivity contribution >= 4 is 5.91 Å². The third kappa shape index (κ3) is 2.86. The van der Waals surface area contributed by atoms with Crippen molar-refractivity contribution in [2.24, 2.45) is 5.92 Å². The molecule has 1 aliphatic carbocycles. The summed E-state index contributed by atoms with van der Waals surface area (Å²) in [6.45, 7) is 5.20. The summed E-state index contributed by atoms with van der Waals surface area (Å²) >= 11 is 0. The number of benzene rings is 1. The van der Waals surface area contributed by atoms with Gasteiger partial charge in [-0.1, -0.05) is 30.3 Å². The van der Waals surface area contributed by atoms with Gasteiger partial charge in [0, 0.05) is 44.6 Å². The number of rotatable bonds is 6. The van der Waals surface area contributed by atoms with E-state index in [2.05, 4.69) is 28.6 Å². The van der Waals surface area contributed by atoms with Gasteiger partial charge in [-0.2, -0.15) is 0 Å². The van der Waals surface area contributed by atoms with Gasteiger partial charge in [0.25, 0.3) is 0 Å². The van der Waals surface area contributed by atoms with Gasteiger partial charge in [0.05, 0.1) is 5.41 Å². The lowest BCUT2D eigenvalue weighted by Crippen LogP contribution is -2.54. The minimum atomic E-state index is -0.238. The topological polar surface area (TPSA) is 47.4 Å². The SMILES string of the molecule is COCc1ncc(C)n1CC1CN(C(=O)C2(c3ccccc3)CC2)C1. The Balaban J connectivity index is 1.38. The zero-order chi connectivity index (χ0) is 17.4. The molecule has 0 atom stereocenters. The van der Waals surface area contributed by atoms with Crippen molar-refractivity contribution in [1.82, 2.24) is 14.5 Å². The predicted molar refractivity (Wildman–Crippen MR) is 95.1 cm³/mol. The van der Waals surface area contributed by atoms with Crippen molar-refractivity contribution < 1.29 is 9.53 Å². The van der Waals surface area contributed by atoms with Crippen LogP contribution in [0.25, 0.3) is 0 Å². The summed E-state index contributed by atoms with van der Waals surface area (Å²) in [5.74, 6) is 1.78. The van der Waals surface area contributed by atoms with Crippen LogP contribution < -0.4 is 0 Å². The normalized spacial score (nSPS) is 18.9. The van der Waals surface area contributed by atoms with Gasteiger partial charge in [0.2, 0.25) is 5.91 Å². The van der Waals surface area contributed by atoms with Crippen molar-refractivity contribution in [1.29, 1.82) is 0 Å². The zero-order valence-corrected chi connectivity index (χ0v) is 14.9.